The monoisotopic (exact) mass is 369 g/mol. The highest BCUT2D eigenvalue weighted by molar-refractivity contribution is 5.98. The second-order valence-corrected chi connectivity index (χ2v) is 5.88. The number of carbonyl (C=O) groups is 2. The van der Waals surface area contributed by atoms with E-state index in [-0.39, 0.29) is 19.0 Å². The highest BCUT2D eigenvalue weighted by Gasteiger charge is 2.23. The third kappa shape index (κ3) is 4.65. The van der Waals surface area contributed by atoms with Gasteiger partial charge in [0.25, 0.3) is 5.91 Å². The molecule has 0 bridgehead atoms. The molecule has 0 saturated carbocycles. The maximum Gasteiger partial charge on any atom is 0.328 e. The van der Waals surface area contributed by atoms with E-state index in [2.05, 4.69) is 5.32 Å². The van der Waals surface area contributed by atoms with E-state index in [0.29, 0.717) is 16.7 Å². The van der Waals surface area contributed by atoms with Gasteiger partial charge < -0.3 is 24.3 Å². The first-order valence-electron chi connectivity index (χ1n) is 8.30. The van der Waals surface area contributed by atoms with Crippen LogP contribution in [0.2, 0.25) is 0 Å². The van der Waals surface area contributed by atoms with Crippen LogP contribution in [0.1, 0.15) is 16.1 Å². The van der Waals surface area contributed by atoms with Gasteiger partial charge in [-0.25, -0.2) is 4.79 Å². The minimum absolute atomic E-state index is 0.0209. The van der Waals surface area contributed by atoms with Gasteiger partial charge in [0.15, 0.2) is 11.8 Å². The lowest BCUT2D eigenvalue weighted by molar-refractivity contribution is -0.141. The van der Waals surface area contributed by atoms with Crippen molar-refractivity contribution in [1.29, 1.82) is 0 Å². The number of carboxylic acids is 1. The number of amides is 1. The summed E-state index contributed by atoms with van der Waals surface area (Å²) in [6.07, 6.45) is 0. The molecule has 0 fully saturated rings. The number of ether oxygens (including phenoxy) is 2. The van der Waals surface area contributed by atoms with Crippen LogP contribution in [-0.4, -0.2) is 36.7 Å². The van der Waals surface area contributed by atoms with Gasteiger partial charge in [0.05, 0.1) is 20.3 Å². The topological polar surface area (TPSA) is 98.0 Å². The summed E-state index contributed by atoms with van der Waals surface area (Å²) in [5, 5.41) is 12.4. The van der Waals surface area contributed by atoms with Crippen molar-refractivity contribution >= 4 is 22.8 Å². The molecule has 1 amide bonds. The Morgan fingerprint density at radius 3 is 2.63 bits per heavy atom. The molecule has 3 aromatic rings. The number of aliphatic carboxylic acids is 1. The molecular weight excluding hydrogens is 350 g/mol. The first kappa shape index (κ1) is 18.5. The Kier molecular flexibility index (Phi) is 5.73. The molecule has 27 heavy (non-hydrogen) atoms. The fraction of sp³-hybridized carbons (Fsp3) is 0.200. The second kappa shape index (κ2) is 8.37. The van der Waals surface area contributed by atoms with E-state index in [4.69, 9.17) is 13.9 Å². The van der Waals surface area contributed by atoms with Gasteiger partial charge in [-0.2, -0.15) is 0 Å². The van der Waals surface area contributed by atoms with Gasteiger partial charge in [0.1, 0.15) is 11.3 Å². The number of hydrogen-bond donors (Lipinski definition) is 2. The normalized spacial score (nSPS) is 11.9. The summed E-state index contributed by atoms with van der Waals surface area (Å²) in [6.45, 7) is 0.0922. The zero-order valence-corrected chi connectivity index (χ0v) is 14.7. The molecule has 1 heterocycles. The average Bonchev–Trinajstić information content (AvgIpc) is 3.11. The van der Waals surface area contributed by atoms with E-state index < -0.39 is 17.9 Å². The van der Waals surface area contributed by atoms with E-state index in [1.165, 1.54) is 6.07 Å². The fourth-order valence-corrected chi connectivity index (χ4v) is 2.53. The zero-order valence-electron chi connectivity index (χ0n) is 14.7. The van der Waals surface area contributed by atoms with Gasteiger partial charge in [0.2, 0.25) is 0 Å². The van der Waals surface area contributed by atoms with Crippen molar-refractivity contribution in [2.24, 2.45) is 0 Å². The minimum atomic E-state index is -1.19. The Bertz CT molecular complexity index is 934. The van der Waals surface area contributed by atoms with Crippen molar-refractivity contribution in [3.8, 4) is 5.75 Å². The van der Waals surface area contributed by atoms with E-state index in [1.54, 1.807) is 25.3 Å². The van der Waals surface area contributed by atoms with Crippen molar-refractivity contribution < 1.29 is 28.6 Å². The summed E-state index contributed by atoms with van der Waals surface area (Å²) in [7, 11) is 1.54. The molecule has 0 saturated heterocycles. The molecule has 2 aromatic carbocycles. The summed E-state index contributed by atoms with van der Waals surface area (Å²) >= 11 is 0. The summed E-state index contributed by atoms with van der Waals surface area (Å²) in [5.41, 5.74) is 1.42. The molecule has 7 heteroatoms. The van der Waals surface area contributed by atoms with Crippen LogP contribution in [0.3, 0.4) is 0 Å². The molecule has 3 rings (SSSR count). The van der Waals surface area contributed by atoms with Crippen LogP contribution in [0.4, 0.5) is 0 Å². The van der Waals surface area contributed by atoms with Crippen LogP contribution in [0.15, 0.2) is 59.0 Å². The Morgan fingerprint density at radius 1 is 1.15 bits per heavy atom. The maximum atomic E-state index is 12.4. The standard InChI is InChI=1S/C20H19NO6/c1-25-15-7-8-17-14(9-15)10-18(27-17)19(22)21-16(20(23)24)12-26-11-13-5-3-2-4-6-13/h2-10,16H,11-12H2,1H3,(H,21,22)(H,23,24). The molecule has 140 valence electrons. The number of methoxy groups -OCH3 is 1. The first-order valence-corrected chi connectivity index (χ1v) is 8.30. The predicted molar refractivity (Wildman–Crippen MR) is 97.8 cm³/mol. The molecule has 0 aliphatic carbocycles. The lowest BCUT2D eigenvalue weighted by atomic mass is 10.2. The van der Waals surface area contributed by atoms with Gasteiger partial charge in [-0.3, -0.25) is 4.79 Å². The third-order valence-electron chi connectivity index (χ3n) is 3.95. The van der Waals surface area contributed by atoms with Gasteiger partial charge in [-0.05, 0) is 29.8 Å². The van der Waals surface area contributed by atoms with Crippen molar-refractivity contribution in [3.63, 3.8) is 0 Å². The molecule has 0 radical (unpaired) electrons. The molecule has 1 unspecified atom stereocenters. The van der Waals surface area contributed by atoms with Gasteiger partial charge in [-0.1, -0.05) is 30.3 Å². The molecule has 1 aromatic heterocycles. The molecule has 2 N–H and O–H groups in total. The lowest BCUT2D eigenvalue weighted by Gasteiger charge is -2.14. The van der Waals surface area contributed by atoms with E-state index >= 15 is 0 Å². The van der Waals surface area contributed by atoms with Crippen LogP contribution in [0.5, 0.6) is 5.75 Å². The molecule has 7 nitrogen and oxygen atoms in total. The number of rotatable bonds is 8. The number of nitrogens with one attached hydrogen (secondary N) is 1. The SMILES string of the molecule is COc1ccc2oc(C(=O)NC(COCc3ccccc3)C(=O)O)cc2c1. The first-order chi connectivity index (χ1) is 13.1. The summed E-state index contributed by atoms with van der Waals surface area (Å²) < 4.78 is 16.0. The van der Waals surface area contributed by atoms with Gasteiger partial charge in [0, 0.05) is 5.39 Å². The predicted octanol–water partition coefficient (Wildman–Crippen LogP) is 2.84. The van der Waals surface area contributed by atoms with E-state index in [0.717, 1.165) is 5.56 Å². The van der Waals surface area contributed by atoms with Crippen molar-refractivity contribution in [2.45, 2.75) is 12.6 Å². The number of fused-ring (bicyclic) bond motifs is 1. The number of carboxylic acid groups (broad SMARTS) is 1. The molecule has 1 atom stereocenters. The number of hydrogen-bond acceptors (Lipinski definition) is 5. The molecule has 0 aliphatic heterocycles. The van der Waals surface area contributed by atoms with Gasteiger partial charge in [-0.15, -0.1) is 0 Å². The van der Waals surface area contributed by atoms with Crippen molar-refractivity contribution in [2.75, 3.05) is 13.7 Å². The Balaban J connectivity index is 1.63. The summed E-state index contributed by atoms with van der Waals surface area (Å²) in [6, 6.07) is 14.8. The Labute approximate surface area is 155 Å². The molecule has 0 spiro atoms. The highest BCUT2D eigenvalue weighted by atomic mass is 16.5. The Morgan fingerprint density at radius 2 is 1.93 bits per heavy atom. The van der Waals surface area contributed by atoms with E-state index in [1.807, 2.05) is 30.3 Å². The molecular formula is C20H19NO6. The maximum absolute atomic E-state index is 12.4. The summed E-state index contributed by atoms with van der Waals surface area (Å²) in [5.74, 6) is -1.16. The fourth-order valence-electron chi connectivity index (χ4n) is 2.53. The summed E-state index contributed by atoms with van der Waals surface area (Å²) in [4.78, 5) is 23.8. The minimum Gasteiger partial charge on any atom is -0.497 e. The lowest BCUT2D eigenvalue weighted by Crippen LogP contribution is -2.43. The Hall–Kier alpha value is -3.32. The van der Waals surface area contributed by atoms with E-state index in [9.17, 15) is 14.7 Å². The number of benzene rings is 2. The smallest absolute Gasteiger partial charge is 0.328 e. The van der Waals surface area contributed by atoms with Crippen molar-refractivity contribution in [1.82, 2.24) is 5.32 Å². The van der Waals surface area contributed by atoms with Crippen LogP contribution in [-0.2, 0) is 16.1 Å². The quantitative estimate of drug-likeness (QED) is 0.634. The number of carbonyl (C=O) groups excluding carboxylic acids is 1. The largest absolute Gasteiger partial charge is 0.497 e. The zero-order chi connectivity index (χ0) is 19.2. The van der Waals surface area contributed by atoms with Crippen molar-refractivity contribution in [3.05, 3.63) is 65.9 Å². The number of furan rings is 1. The van der Waals surface area contributed by atoms with Gasteiger partial charge >= 0.3 is 5.97 Å². The average molecular weight is 369 g/mol. The molecule has 0 aliphatic rings. The van der Waals surface area contributed by atoms with Crippen LogP contribution in [0.25, 0.3) is 11.0 Å². The van der Waals surface area contributed by atoms with Crippen LogP contribution in [0, 0.1) is 0 Å². The van der Waals surface area contributed by atoms with Crippen LogP contribution < -0.4 is 10.1 Å². The van der Waals surface area contributed by atoms with Crippen LogP contribution >= 0.6 is 0 Å². The highest BCUT2D eigenvalue weighted by Crippen LogP contribution is 2.24. The second-order valence-electron chi connectivity index (χ2n) is 5.88. The third-order valence-corrected chi connectivity index (χ3v) is 3.95.